The van der Waals surface area contributed by atoms with Crippen molar-refractivity contribution in [2.75, 3.05) is 0 Å². The first-order chi connectivity index (χ1) is 7.58. The highest BCUT2D eigenvalue weighted by Crippen LogP contribution is 2.62. The first-order valence-electron chi connectivity index (χ1n) is 7.11. The van der Waals surface area contributed by atoms with E-state index in [1.807, 2.05) is 0 Å². The van der Waals surface area contributed by atoms with Crippen LogP contribution in [0.3, 0.4) is 0 Å². The second-order valence-electron chi connectivity index (χ2n) is 5.38. The SMILES string of the molecule is CCC1CC(=O)C(CC)(CC)C1(CC)CC. The lowest BCUT2D eigenvalue weighted by Gasteiger charge is -2.46. The normalized spacial score (nSPS) is 27.3. The minimum Gasteiger partial charge on any atom is -0.299 e. The minimum atomic E-state index is -0.0167. The summed E-state index contributed by atoms with van der Waals surface area (Å²) in [4.78, 5) is 12.5. The number of ketones is 1. The molecule has 0 spiro atoms. The second kappa shape index (κ2) is 4.89. The highest BCUT2D eigenvalue weighted by atomic mass is 16.1. The first kappa shape index (κ1) is 13.7. The van der Waals surface area contributed by atoms with E-state index in [1.165, 1.54) is 0 Å². The molecule has 1 nitrogen and oxygen atoms in total. The molecule has 1 saturated carbocycles. The largest absolute Gasteiger partial charge is 0.299 e. The van der Waals surface area contributed by atoms with E-state index in [0.717, 1.165) is 38.5 Å². The molecular formula is C15H28O. The van der Waals surface area contributed by atoms with Crippen LogP contribution >= 0.6 is 0 Å². The molecule has 1 aliphatic rings. The molecule has 0 heterocycles. The number of hydrogen-bond donors (Lipinski definition) is 0. The zero-order chi connectivity index (χ0) is 12.4. The summed E-state index contributed by atoms with van der Waals surface area (Å²) in [5.74, 6) is 1.17. The molecule has 0 aromatic heterocycles. The van der Waals surface area contributed by atoms with Gasteiger partial charge in [0.1, 0.15) is 5.78 Å². The monoisotopic (exact) mass is 224 g/mol. The van der Waals surface area contributed by atoms with Gasteiger partial charge in [-0.05, 0) is 37.0 Å². The fraction of sp³-hybridized carbons (Fsp3) is 0.933. The molecule has 1 fully saturated rings. The van der Waals surface area contributed by atoms with Crippen molar-refractivity contribution in [1.29, 1.82) is 0 Å². The quantitative estimate of drug-likeness (QED) is 0.667. The van der Waals surface area contributed by atoms with E-state index in [-0.39, 0.29) is 10.8 Å². The fourth-order valence-electron chi connectivity index (χ4n) is 4.67. The molecule has 0 aliphatic heterocycles. The summed E-state index contributed by atoms with van der Waals surface area (Å²) in [5.41, 5.74) is 0.263. The van der Waals surface area contributed by atoms with E-state index >= 15 is 0 Å². The van der Waals surface area contributed by atoms with Gasteiger partial charge >= 0.3 is 0 Å². The standard InChI is InChI=1S/C15H28O/c1-6-12-11-13(16)15(9-4,10-5)14(12,7-2)8-3/h12H,6-11H2,1-5H3. The summed E-state index contributed by atoms with van der Waals surface area (Å²) in [6, 6.07) is 0. The van der Waals surface area contributed by atoms with Gasteiger partial charge in [0, 0.05) is 11.8 Å². The molecule has 0 radical (unpaired) electrons. The summed E-state index contributed by atoms with van der Waals surface area (Å²) in [6.45, 7) is 11.2. The van der Waals surface area contributed by atoms with E-state index in [1.54, 1.807) is 0 Å². The zero-order valence-corrected chi connectivity index (χ0v) is 11.7. The van der Waals surface area contributed by atoms with E-state index in [9.17, 15) is 4.79 Å². The smallest absolute Gasteiger partial charge is 0.139 e. The zero-order valence-electron chi connectivity index (χ0n) is 11.7. The van der Waals surface area contributed by atoms with Crippen molar-refractivity contribution < 1.29 is 4.79 Å². The molecule has 1 atom stereocenters. The summed E-state index contributed by atoms with van der Waals surface area (Å²) < 4.78 is 0. The van der Waals surface area contributed by atoms with Crippen LogP contribution < -0.4 is 0 Å². The van der Waals surface area contributed by atoms with Crippen LogP contribution in [0, 0.1) is 16.7 Å². The van der Waals surface area contributed by atoms with Crippen LogP contribution in [-0.2, 0) is 4.79 Å². The van der Waals surface area contributed by atoms with Crippen LogP contribution in [0.2, 0.25) is 0 Å². The molecule has 1 aliphatic carbocycles. The van der Waals surface area contributed by atoms with E-state index in [4.69, 9.17) is 0 Å². The molecule has 0 saturated heterocycles. The van der Waals surface area contributed by atoms with Gasteiger partial charge in [-0.2, -0.15) is 0 Å². The van der Waals surface area contributed by atoms with Gasteiger partial charge in [0.15, 0.2) is 0 Å². The van der Waals surface area contributed by atoms with Gasteiger partial charge in [-0.25, -0.2) is 0 Å². The Kier molecular flexibility index (Phi) is 4.20. The lowest BCUT2D eigenvalue weighted by Crippen LogP contribution is -2.43. The predicted octanol–water partition coefficient (Wildman–Crippen LogP) is 4.60. The van der Waals surface area contributed by atoms with Crippen molar-refractivity contribution in [2.45, 2.75) is 73.1 Å². The number of carbonyl (C=O) groups excluding carboxylic acids is 1. The summed E-state index contributed by atoms with van der Waals surface area (Å²) in [7, 11) is 0. The first-order valence-corrected chi connectivity index (χ1v) is 7.11. The average molecular weight is 224 g/mol. The second-order valence-corrected chi connectivity index (χ2v) is 5.38. The molecule has 1 heteroatoms. The molecule has 0 bridgehead atoms. The minimum absolute atomic E-state index is 0.0167. The Bertz CT molecular complexity index is 246. The molecule has 0 aromatic rings. The van der Waals surface area contributed by atoms with Crippen LogP contribution in [0.1, 0.15) is 73.1 Å². The third-order valence-electron chi connectivity index (χ3n) is 5.66. The van der Waals surface area contributed by atoms with Gasteiger partial charge in [0.25, 0.3) is 0 Å². The average Bonchev–Trinajstić information content (AvgIpc) is 2.57. The Morgan fingerprint density at radius 3 is 1.81 bits per heavy atom. The third kappa shape index (κ3) is 1.47. The number of rotatable bonds is 5. The van der Waals surface area contributed by atoms with E-state index in [0.29, 0.717) is 11.7 Å². The van der Waals surface area contributed by atoms with Crippen molar-refractivity contribution in [3.05, 3.63) is 0 Å². The summed E-state index contributed by atoms with van der Waals surface area (Å²) in [6.07, 6.45) is 6.38. The van der Waals surface area contributed by atoms with Crippen molar-refractivity contribution in [2.24, 2.45) is 16.7 Å². The summed E-state index contributed by atoms with van der Waals surface area (Å²) >= 11 is 0. The Hall–Kier alpha value is -0.330. The maximum atomic E-state index is 12.5. The van der Waals surface area contributed by atoms with Gasteiger partial charge in [0.05, 0.1) is 0 Å². The molecule has 1 rings (SSSR count). The Labute approximate surface area is 101 Å². The molecule has 0 N–H and O–H groups in total. The predicted molar refractivity (Wildman–Crippen MR) is 69.4 cm³/mol. The van der Waals surface area contributed by atoms with Crippen LogP contribution in [-0.4, -0.2) is 5.78 Å². The van der Waals surface area contributed by atoms with Crippen LogP contribution in [0.25, 0.3) is 0 Å². The van der Waals surface area contributed by atoms with Crippen molar-refractivity contribution in [3.63, 3.8) is 0 Å². The van der Waals surface area contributed by atoms with Crippen LogP contribution in [0.5, 0.6) is 0 Å². The Morgan fingerprint density at radius 2 is 1.50 bits per heavy atom. The maximum absolute atomic E-state index is 12.5. The third-order valence-corrected chi connectivity index (χ3v) is 5.66. The molecule has 1 unspecified atom stereocenters. The van der Waals surface area contributed by atoms with E-state index in [2.05, 4.69) is 34.6 Å². The van der Waals surface area contributed by atoms with Crippen molar-refractivity contribution in [3.8, 4) is 0 Å². The highest BCUT2D eigenvalue weighted by molar-refractivity contribution is 5.88. The van der Waals surface area contributed by atoms with Gasteiger partial charge in [-0.15, -0.1) is 0 Å². The van der Waals surface area contributed by atoms with Crippen LogP contribution in [0.15, 0.2) is 0 Å². The Balaban J connectivity index is 3.27. The number of hydrogen-bond acceptors (Lipinski definition) is 1. The van der Waals surface area contributed by atoms with Crippen molar-refractivity contribution >= 4 is 5.78 Å². The molecule has 16 heavy (non-hydrogen) atoms. The molecule has 0 amide bonds. The summed E-state index contributed by atoms with van der Waals surface area (Å²) in [5, 5.41) is 0. The van der Waals surface area contributed by atoms with Gasteiger partial charge in [-0.3, -0.25) is 4.79 Å². The number of carbonyl (C=O) groups is 1. The lowest BCUT2D eigenvalue weighted by atomic mass is 9.56. The molecule has 94 valence electrons. The highest BCUT2D eigenvalue weighted by Gasteiger charge is 2.60. The molecular weight excluding hydrogens is 196 g/mol. The Morgan fingerprint density at radius 1 is 1.00 bits per heavy atom. The van der Waals surface area contributed by atoms with Gasteiger partial charge < -0.3 is 0 Å². The topological polar surface area (TPSA) is 17.1 Å². The van der Waals surface area contributed by atoms with Crippen LogP contribution in [0.4, 0.5) is 0 Å². The van der Waals surface area contributed by atoms with Gasteiger partial charge in [-0.1, -0.05) is 41.0 Å². The van der Waals surface area contributed by atoms with E-state index < -0.39 is 0 Å². The fourth-order valence-corrected chi connectivity index (χ4v) is 4.67. The maximum Gasteiger partial charge on any atom is 0.139 e. The van der Waals surface area contributed by atoms with Crippen molar-refractivity contribution in [1.82, 2.24) is 0 Å². The molecule has 0 aromatic carbocycles. The van der Waals surface area contributed by atoms with Gasteiger partial charge in [0.2, 0.25) is 0 Å². The lowest BCUT2D eigenvalue weighted by molar-refractivity contribution is -0.131. The number of Topliss-reactive ketones (excluding diaryl/α,β-unsaturated/α-hetero) is 1.